The lowest BCUT2D eigenvalue weighted by Crippen LogP contribution is -2.51. The smallest absolute Gasteiger partial charge is 0.000824 e. The van der Waals surface area contributed by atoms with Crippen LogP contribution in [0, 0.1) is 10.8 Å². The van der Waals surface area contributed by atoms with Crippen LogP contribution in [0.4, 0.5) is 0 Å². The van der Waals surface area contributed by atoms with Crippen LogP contribution in [-0.4, -0.2) is 13.1 Å². The summed E-state index contributed by atoms with van der Waals surface area (Å²) in [5, 5.41) is 3.57. The molecule has 1 saturated heterocycles. The Hall–Kier alpha value is -0.0400. The molecule has 0 aromatic rings. The van der Waals surface area contributed by atoms with E-state index in [0.717, 1.165) is 5.41 Å². The van der Waals surface area contributed by atoms with Crippen molar-refractivity contribution in [2.24, 2.45) is 10.8 Å². The molecule has 1 nitrogen and oxygen atoms in total. The molecule has 2 rings (SSSR count). The number of nitrogens with one attached hydrogen (secondary N) is 1. The molecule has 0 aromatic carbocycles. The van der Waals surface area contributed by atoms with Gasteiger partial charge < -0.3 is 5.32 Å². The molecule has 64 valence electrons. The zero-order chi connectivity index (χ0) is 7.95. The average Bonchev–Trinajstić information content (AvgIpc) is 1.82. The van der Waals surface area contributed by atoms with Crippen molar-refractivity contribution in [3.8, 4) is 0 Å². The minimum absolute atomic E-state index is 0.554. The van der Waals surface area contributed by atoms with E-state index in [2.05, 4.69) is 19.2 Å². The first-order valence-corrected chi connectivity index (χ1v) is 4.83. The van der Waals surface area contributed by atoms with Crippen molar-refractivity contribution in [2.75, 3.05) is 13.1 Å². The average molecular weight is 153 g/mol. The summed E-state index contributed by atoms with van der Waals surface area (Å²) in [4.78, 5) is 0. The molecular weight excluding hydrogens is 134 g/mol. The van der Waals surface area contributed by atoms with Crippen molar-refractivity contribution in [3.05, 3.63) is 0 Å². The molecule has 0 atom stereocenters. The van der Waals surface area contributed by atoms with Crippen LogP contribution in [0.5, 0.6) is 0 Å². The van der Waals surface area contributed by atoms with E-state index in [4.69, 9.17) is 0 Å². The van der Waals surface area contributed by atoms with Gasteiger partial charge in [-0.25, -0.2) is 0 Å². The molecule has 1 heteroatoms. The summed E-state index contributed by atoms with van der Waals surface area (Å²) in [6, 6.07) is 0. The van der Waals surface area contributed by atoms with Crippen LogP contribution in [0.25, 0.3) is 0 Å². The topological polar surface area (TPSA) is 12.0 Å². The van der Waals surface area contributed by atoms with Gasteiger partial charge in [-0.2, -0.15) is 0 Å². The van der Waals surface area contributed by atoms with Crippen molar-refractivity contribution >= 4 is 0 Å². The molecule has 2 fully saturated rings. The van der Waals surface area contributed by atoms with Gasteiger partial charge in [0.15, 0.2) is 0 Å². The van der Waals surface area contributed by atoms with Gasteiger partial charge in [-0.05, 0) is 30.1 Å². The minimum Gasteiger partial charge on any atom is -0.316 e. The van der Waals surface area contributed by atoms with Crippen molar-refractivity contribution in [1.82, 2.24) is 5.32 Å². The maximum absolute atomic E-state index is 3.57. The molecule has 0 bridgehead atoms. The Kier molecular flexibility index (Phi) is 1.54. The van der Waals surface area contributed by atoms with E-state index >= 15 is 0 Å². The molecule has 1 aliphatic heterocycles. The van der Waals surface area contributed by atoms with Crippen LogP contribution in [0.2, 0.25) is 0 Å². The maximum Gasteiger partial charge on any atom is 0.000824 e. The van der Waals surface area contributed by atoms with E-state index < -0.39 is 0 Å². The molecule has 1 N–H and O–H groups in total. The number of hydrogen-bond donors (Lipinski definition) is 1. The Balaban J connectivity index is 2.03. The van der Waals surface area contributed by atoms with Crippen LogP contribution < -0.4 is 5.32 Å². The van der Waals surface area contributed by atoms with Gasteiger partial charge in [-0.3, -0.25) is 0 Å². The van der Waals surface area contributed by atoms with Gasteiger partial charge in [0.1, 0.15) is 0 Å². The van der Waals surface area contributed by atoms with Gasteiger partial charge in [0, 0.05) is 13.1 Å². The highest BCUT2D eigenvalue weighted by molar-refractivity contribution is 4.97. The van der Waals surface area contributed by atoms with E-state index in [-0.39, 0.29) is 0 Å². The van der Waals surface area contributed by atoms with Gasteiger partial charge >= 0.3 is 0 Å². The standard InChI is InChI=1S/C10H19N/c1-9(2)6-10(4-3-5-10)8-11-7-9/h11H,3-8H2,1-2H3. The second kappa shape index (κ2) is 2.22. The molecular formula is C10H19N. The Morgan fingerprint density at radius 3 is 2.18 bits per heavy atom. The molecule has 1 heterocycles. The van der Waals surface area contributed by atoms with Gasteiger partial charge in [-0.15, -0.1) is 0 Å². The van der Waals surface area contributed by atoms with Gasteiger partial charge in [0.25, 0.3) is 0 Å². The molecule has 2 aliphatic rings. The van der Waals surface area contributed by atoms with Crippen LogP contribution in [0.3, 0.4) is 0 Å². The first-order chi connectivity index (χ1) is 5.12. The summed E-state index contributed by atoms with van der Waals surface area (Å²) >= 11 is 0. The summed E-state index contributed by atoms with van der Waals surface area (Å²) in [6.07, 6.45) is 5.87. The Labute approximate surface area is 69.6 Å². The first-order valence-electron chi connectivity index (χ1n) is 4.83. The monoisotopic (exact) mass is 153 g/mol. The van der Waals surface area contributed by atoms with Crippen molar-refractivity contribution < 1.29 is 0 Å². The fraction of sp³-hybridized carbons (Fsp3) is 1.00. The second-order valence-corrected chi connectivity index (χ2v) is 5.30. The Morgan fingerprint density at radius 2 is 1.82 bits per heavy atom. The summed E-state index contributed by atoms with van der Waals surface area (Å²) in [5.74, 6) is 0. The van der Waals surface area contributed by atoms with E-state index in [0.29, 0.717) is 5.41 Å². The van der Waals surface area contributed by atoms with E-state index in [1.165, 1.54) is 38.8 Å². The summed E-state index contributed by atoms with van der Waals surface area (Å²) in [7, 11) is 0. The third kappa shape index (κ3) is 1.31. The summed E-state index contributed by atoms with van der Waals surface area (Å²) < 4.78 is 0. The van der Waals surface area contributed by atoms with Gasteiger partial charge in [-0.1, -0.05) is 20.3 Å². The third-order valence-corrected chi connectivity index (χ3v) is 3.37. The normalized spacial score (nSPS) is 33.3. The molecule has 0 radical (unpaired) electrons. The lowest BCUT2D eigenvalue weighted by Gasteiger charge is -2.51. The highest BCUT2D eigenvalue weighted by Crippen LogP contribution is 2.50. The van der Waals surface area contributed by atoms with Crippen LogP contribution in [0.1, 0.15) is 39.5 Å². The maximum atomic E-state index is 3.57. The molecule has 0 unspecified atom stereocenters. The molecule has 0 amide bonds. The first kappa shape index (κ1) is 7.60. The minimum atomic E-state index is 0.554. The van der Waals surface area contributed by atoms with Crippen LogP contribution in [0.15, 0.2) is 0 Å². The lowest BCUT2D eigenvalue weighted by molar-refractivity contribution is 0.0289. The molecule has 11 heavy (non-hydrogen) atoms. The van der Waals surface area contributed by atoms with Crippen LogP contribution >= 0.6 is 0 Å². The number of hydrogen-bond acceptors (Lipinski definition) is 1. The molecule has 1 spiro atoms. The number of rotatable bonds is 0. The SMILES string of the molecule is CC1(C)CNCC2(CCC2)C1. The van der Waals surface area contributed by atoms with Crippen molar-refractivity contribution in [3.63, 3.8) is 0 Å². The highest BCUT2D eigenvalue weighted by atomic mass is 14.9. The highest BCUT2D eigenvalue weighted by Gasteiger charge is 2.43. The van der Waals surface area contributed by atoms with E-state index in [1.807, 2.05) is 0 Å². The fourth-order valence-electron chi connectivity index (χ4n) is 2.84. The fourth-order valence-corrected chi connectivity index (χ4v) is 2.84. The predicted octanol–water partition coefficient (Wildman–Crippen LogP) is 2.18. The quantitative estimate of drug-likeness (QED) is 0.562. The summed E-state index contributed by atoms with van der Waals surface area (Å²) in [6.45, 7) is 7.28. The zero-order valence-electron chi connectivity index (χ0n) is 7.74. The summed E-state index contributed by atoms with van der Waals surface area (Å²) in [5.41, 5.74) is 1.28. The Bertz CT molecular complexity index is 156. The zero-order valence-corrected chi connectivity index (χ0v) is 7.74. The Morgan fingerprint density at radius 1 is 1.09 bits per heavy atom. The van der Waals surface area contributed by atoms with E-state index in [9.17, 15) is 0 Å². The molecule has 1 aliphatic carbocycles. The predicted molar refractivity (Wildman–Crippen MR) is 47.6 cm³/mol. The van der Waals surface area contributed by atoms with E-state index in [1.54, 1.807) is 0 Å². The number of piperidine rings is 1. The second-order valence-electron chi connectivity index (χ2n) is 5.30. The lowest BCUT2D eigenvalue weighted by atomic mass is 9.59. The largest absolute Gasteiger partial charge is 0.316 e. The van der Waals surface area contributed by atoms with Gasteiger partial charge in [0.05, 0.1) is 0 Å². The molecule has 1 saturated carbocycles. The van der Waals surface area contributed by atoms with Crippen molar-refractivity contribution in [2.45, 2.75) is 39.5 Å². The third-order valence-electron chi connectivity index (χ3n) is 3.37. The van der Waals surface area contributed by atoms with Gasteiger partial charge in [0.2, 0.25) is 0 Å². The van der Waals surface area contributed by atoms with Crippen molar-refractivity contribution in [1.29, 1.82) is 0 Å². The molecule has 0 aromatic heterocycles. The van der Waals surface area contributed by atoms with Crippen LogP contribution in [-0.2, 0) is 0 Å².